The molecular weight excluding hydrogens is 464 g/mol. The quantitative estimate of drug-likeness (QED) is 0.420. The fourth-order valence-corrected chi connectivity index (χ4v) is 4.67. The molecule has 2 N–H and O–H groups in total. The van der Waals surface area contributed by atoms with Gasteiger partial charge in [-0.25, -0.2) is 21.9 Å². The number of halogens is 3. The van der Waals surface area contributed by atoms with Gasteiger partial charge >= 0.3 is 0 Å². The van der Waals surface area contributed by atoms with Crippen LogP contribution >= 0.6 is 15.9 Å². The van der Waals surface area contributed by atoms with Gasteiger partial charge in [0.2, 0.25) is 29.8 Å². The number of alkyl halides is 1. The molecule has 0 bridgehead atoms. The number of sulfonamides is 1. The van der Waals surface area contributed by atoms with Crippen LogP contribution in [0.15, 0.2) is 22.6 Å². The molecule has 0 saturated heterocycles. The van der Waals surface area contributed by atoms with Crippen LogP contribution in [0, 0.1) is 11.6 Å². The number of benzene rings is 1. The molecular formula is C16H20BrF2NO5SSi. The van der Waals surface area contributed by atoms with Crippen LogP contribution in [0.5, 0.6) is 11.5 Å². The monoisotopic (exact) mass is 483 g/mol. The lowest BCUT2D eigenvalue weighted by Crippen LogP contribution is -2.29. The second-order valence-corrected chi connectivity index (χ2v) is 13.8. The van der Waals surface area contributed by atoms with E-state index < -0.39 is 41.5 Å². The predicted octanol–water partition coefficient (Wildman–Crippen LogP) is 4.67. The highest BCUT2D eigenvalue weighted by atomic mass is 79.9. The van der Waals surface area contributed by atoms with Gasteiger partial charge in [0.1, 0.15) is 0 Å². The molecule has 0 aliphatic rings. The molecule has 1 heterocycles. The first-order valence-electron chi connectivity index (χ1n) is 8.01. The predicted molar refractivity (Wildman–Crippen MR) is 106 cm³/mol. The molecule has 150 valence electrons. The molecule has 6 nitrogen and oxygen atoms in total. The standard InChI is InChI=1S/C16H20BrF2NO5SSi/c1-27(2,3)25-15-13(21)14(10-6-4-7-11(18)12(10)19)24-16(15)20-26(22,23)9-5-8-17/h4,6-7,20-21H,5,8-9H2,1-3H3. The lowest BCUT2D eigenvalue weighted by Gasteiger charge is -2.19. The van der Waals surface area contributed by atoms with Crippen molar-refractivity contribution in [1.29, 1.82) is 0 Å². The molecule has 0 atom stereocenters. The zero-order valence-electron chi connectivity index (χ0n) is 15.0. The third-order valence-electron chi connectivity index (χ3n) is 3.24. The van der Waals surface area contributed by atoms with Gasteiger partial charge in [-0.15, -0.1) is 0 Å². The second-order valence-electron chi connectivity index (χ2n) is 6.72. The van der Waals surface area contributed by atoms with E-state index in [2.05, 4.69) is 20.7 Å². The third kappa shape index (κ3) is 5.45. The maximum atomic E-state index is 14.1. The van der Waals surface area contributed by atoms with E-state index in [0.29, 0.717) is 11.8 Å². The molecule has 1 aromatic heterocycles. The summed E-state index contributed by atoms with van der Waals surface area (Å²) in [6.45, 7) is 5.43. The van der Waals surface area contributed by atoms with Gasteiger partial charge in [0.25, 0.3) is 5.88 Å². The Bertz CT molecular complexity index is 928. The number of anilines is 1. The summed E-state index contributed by atoms with van der Waals surface area (Å²) in [6, 6.07) is 3.37. The fourth-order valence-electron chi connectivity index (χ4n) is 2.17. The molecule has 0 aliphatic heterocycles. The van der Waals surface area contributed by atoms with Gasteiger partial charge in [-0.3, -0.25) is 0 Å². The Hall–Kier alpha value is -1.59. The van der Waals surface area contributed by atoms with Gasteiger partial charge in [-0.05, 0) is 38.2 Å². The van der Waals surface area contributed by atoms with Crippen molar-refractivity contribution in [2.75, 3.05) is 15.8 Å². The van der Waals surface area contributed by atoms with E-state index in [9.17, 15) is 22.3 Å². The molecule has 0 unspecified atom stereocenters. The van der Waals surface area contributed by atoms with E-state index in [4.69, 9.17) is 8.84 Å². The number of rotatable bonds is 8. The summed E-state index contributed by atoms with van der Waals surface area (Å²) in [7, 11) is -6.10. The molecule has 0 spiro atoms. The first-order chi connectivity index (χ1) is 12.4. The molecule has 0 radical (unpaired) electrons. The minimum atomic E-state index is -3.80. The molecule has 11 heteroatoms. The first-order valence-corrected chi connectivity index (χ1v) is 14.2. The van der Waals surface area contributed by atoms with Crippen molar-refractivity contribution in [2.45, 2.75) is 26.1 Å². The summed E-state index contributed by atoms with van der Waals surface area (Å²) < 4.78 is 65.4. The van der Waals surface area contributed by atoms with Gasteiger partial charge in [0, 0.05) is 5.33 Å². The van der Waals surface area contributed by atoms with Crippen LogP contribution in [-0.4, -0.2) is 32.9 Å². The molecule has 2 aromatic rings. The van der Waals surface area contributed by atoms with Crippen molar-refractivity contribution >= 4 is 40.2 Å². The van der Waals surface area contributed by atoms with Crippen LogP contribution in [0.1, 0.15) is 6.42 Å². The summed E-state index contributed by atoms with van der Waals surface area (Å²) >= 11 is 3.15. The van der Waals surface area contributed by atoms with E-state index in [0.717, 1.165) is 6.07 Å². The number of nitrogens with one attached hydrogen (secondary N) is 1. The smallest absolute Gasteiger partial charge is 0.252 e. The van der Waals surface area contributed by atoms with Crippen molar-refractivity contribution in [3.05, 3.63) is 29.8 Å². The van der Waals surface area contributed by atoms with Crippen LogP contribution < -0.4 is 9.15 Å². The molecule has 0 amide bonds. The van der Waals surface area contributed by atoms with Crippen LogP contribution in [0.3, 0.4) is 0 Å². The van der Waals surface area contributed by atoms with Gasteiger partial charge in [-0.2, -0.15) is 0 Å². The Labute approximate surface area is 165 Å². The van der Waals surface area contributed by atoms with E-state index in [-0.39, 0.29) is 22.9 Å². The minimum Gasteiger partial charge on any atom is -0.538 e. The molecule has 0 aliphatic carbocycles. The van der Waals surface area contributed by atoms with Crippen molar-refractivity contribution in [3.63, 3.8) is 0 Å². The SMILES string of the molecule is C[Si](C)(C)Oc1c(NS(=O)(=O)CCCBr)oc(-c2cccc(F)c2F)c1O. The second kappa shape index (κ2) is 8.19. The van der Waals surface area contributed by atoms with Gasteiger partial charge in [0.15, 0.2) is 17.4 Å². The molecule has 1 aromatic carbocycles. The Morgan fingerprint density at radius 2 is 1.96 bits per heavy atom. The van der Waals surface area contributed by atoms with Gasteiger partial charge in [0.05, 0.1) is 11.3 Å². The van der Waals surface area contributed by atoms with Crippen molar-refractivity contribution in [2.24, 2.45) is 0 Å². The first kappa shape index (κ1) is 21.7. The van der Waals surface area contributed by atoms with E-state index in [1.165, 1.54) is 12.1 Å². The highest BCUT2D eigenvalue weighted by Gasteiger charge is 2.31. The Morgan fingerprint density at radius 1 is 1.30 bits per heavy atom. The highest BCUT2D eigenvalue weighted by Crippen LogP contribution is 2.48. The Kier molecular flexibility index (Phi) is 6.58. The highest BCUT2D eigenvalue weighted by molar-refractivity contribution is 9.09. The summed E-state index contributed by atoms with van der Waals surface area (Å²) in [6.07, 6.45) is 0.345. The summed E-state index contributed by atoms with van der Waals surface area (Å²) in [4.78, 5) is 0. The fraction of sp³-hybridized carbons (Fsp3) is 0.375. The van der Waals surface area contributed by atoms with Crippen molar-refractivity contribution in [1.82, 2.24) is 0 Å². The Morgan fingerprint density at radius 3 is 2.56 bits per heavy atom. The van der Waals surface area contributed by atoms with Crippen LogP contribution in [-0.2, 0) is 10.0 Å². The van der Waals surface area contributed by atoms with Crippen LogP contribution in [0.2, 0.25) is 19.6 Å². The van der Waals surface area contributed by atoms with E-state index in [1.807, 2.05) is 19.6 Å². The maximum Gasteiger partial charge on any atom is 0.252 e. The average molecular weight is 484 g/mol. The normalized spacial score (nSPS) is 12.2. The number of hydrogen-bond donors (Lipinski definition) is 2. The lowest BCUT2D eigenvalue weighted by molar-refractivity contribution is 0.438. The zero-order valence-corrected chi connectivity index (χ0v) is 18.4. The van der Waals surface area contributed by atoms with Crippen molar-refractivity contribution < 1.29 is 31.1 Å². The number of furan rings is 1. The number of aromatic hydroxyl groups is 1. The van der Waals surface area contributed by atoms with Crippen molar-refractivity contribution in [3.8, 4) is 22.8 Å². The molecule has 0 saturated carbocycles. The summed E-state index contributed by atoms with van der Waals surface area (Å²) in [5.41, 5.74) is -0.348. The van der Waals surface area contributed by atoms with E-state index in [1.54, 1.807) is 0 Å². The van der Waals surface area contributed by atoms with Crippen LogP contribution in [0.4, 0.5) is 14.7 Å². The third-order valence-corrected chi connectivity index (χ3v) is 5.94. The van der Waals surface area contributed by atoms with E-state index >= 15 is 0 Å². The zero-order chi connectivity index (χ0) is 20.4. The number of hydrogen-bond acceptors (Lipinski definition) is 5. The molecule has 27 heavy (non-hydrogen) atoms. The minimum absolute atomic E-state index is 0.199. The summed E-state index contributed by atoms with van der Waals surface area (Å²) in [5.74, 6) is -4.18. The lowest BCUT2D eigenvalue weighted by atomic mass is 10.1. The van der Waals surface area contributed by atoms with Gasteiger partial charge < -0.3 is 13.9 Å². The maximum absolute atomic E-state index is 14.1. The molecule has 0 fully saturated rings. The van der Waals surface area contributed by atoms with Crippen LogP contribution in [0.25, 0.3) is 11.3 Å². The van der Waals surface area contributed by atoms with Gasteiger partial charge in [-0.1, -0.05) is 22.0 Å². The Balaban J connectivity index is 2.57. The summed E-state index contributed by atoms with van der Waals surface area (Å²) in [5, 5.41) is 11.0. The topological polar surface area (TPSA) is 88.8 Å². The molecule has 2 rings (SSSR count). The largest absolute Gasteiger partial charge is 0.538 e. The average Bonchev–Trinajstić information content (AvgIpc) is 2.83.